The molecule has 0 aliphatic carbocycles. The van der Waals surface area contributed by atoms with E-state index in [9.17, 15) is 17.8 Å². The summed E-state index contributed by atoms with van der Waals surface area (Å²) in [5, 5.41) is 8.04. The molecule has 0 aromatic heterocycles. The van der Waals surface area contributed by atoms with Crippen LogP contribution in [0.1, 0.15) is 13.8 Å². The fourth-order valence-electron chi connectivity index (χ4n) is 0.695. The summed E-state index contributed by atoms with van der Waals surface area (Å²) < 4.78 is 35.9. The molecule has 0 amide bonds. The molecule has 78 valence electrons. The Morgan fingerprint density at radius 1 is 1.54 bits per heavy atom. The summed E-state index contributed by atoms with van der Waals surface area (Å²) in [6, 6.07) is 0. The SMILES string of the molecule is CC(C)CS(=O)CC(F)(F)C(=O)O. The number of carboxylic acids is 1. The quantitative estimate of drug-likeness (QED) is 0.745. The zero-order valence-electron chi connectivity index (χ0n) is 7.42. The summed E-state index contributed by atoms with van der Waals surface area (Å²) in [5.41, 5.74) is 0. The van der Waals surface area contributed by atoms with E-state index < -0.39 is 28.4 Å². The summed E-state index contributed by atoms with van der Waals surface area (Å²) >= 11 is 0. The number of aliphatic carboxylic acids is 1. The van der Waals surface area contributed by atoms with Gasteiger partial charge in [0.15, 0.2) is 0 Å². The monoisotopic (exact) mass is 214 g/mol. The topological polar surface area (TPSA) is 54.4 Å². The van der Waals surface area contributed by atoms with Gasteiger partial charge in [-0.2, -0.15) is 8.78 Å². The molecule has 0 radical (unpaired) electrons. The number of rotatable bonds is 5. The molecule has 3 nitrogen and oxygen atoms in total. The zero-order valence-corrected chi connectivity index (χ0v) is 8.24. The van der Waals surface area contributed by atoms with Crippen LogP contribution in [-0.4, -0.2) is 32.7 Å². The van der Waals surface area contributed by atoms with Gasteiger partial charge in [0, 0.05) is 16.6 Å². The van der Waals surface area contributed by atoms with Crippen molar-refractivity contribution in [3.05, 3.63) is 0 Å². The average Bonchev–Trinajstić information content (AvgIpc) is 1.82. The fourth-order valence-corrected chi connectivity index (χ4v) is 2.08. The summed E-state index contributed by atoms with van der Waals surface area (Å²) in [6.45, 7) is 3.47. The number of hydrogen-bond acceptors (Lipinski definition) is 2. The van der Waals surface area contributed by atoms with Gasteiger partial charge < -0.3 is 5.11 Å². The molecule has 1 atom stereocenters. The molecule has 0 spiro atoms. The van der Waals surface area contributed by atoms with Crippen LogP contribution in [0.4, 0.5) is 8.78 Å². The highest BCUT2D eigenvalue weighted by molar-refractivity contribution is 7.85. The lowest BCUT2D eigenvalue weighted by molar-refractivity contribution is -0.161. The van der Waals surface area contributed by atoms with E-state index >= 15 is 0 Å². The van der Waals surface area contributed by atoms with E-state index in [1.807, 2.05) is 0 Å². The maximum absolute atomic E-state index is 12.5. The van der Waals surface area contributed by atoms with E-state index in [4.69, 9.17) is 5.11 Å². The smallest absolute Gasteiger partial charge is 0.375 e. The molecule has 0 aliphatic heterocycles. The maximum atomic E-state index is 12.5. The zero-order chi connectivity index (χ0) is 10.6. The van der Waals surface area contributed by atoms with Crippen LogP contribution >= 0.6 is 0 Å². The lowest BCUT2D eigenvalue weighted by Crippen LogP contribution is -2.35. The molecule has 0 heterocycles. The molecule has 0 aromatic carbocycles. The molecule has 0 fully saturated rings. The maximum Gasteiger partial charge on any atom is 0.375 e. The summed E-state index contributed by atoms with van der Waals surface area (Å²) in [5.74, 6) is -7.07. The second-order valence-corrected chi connectivity index (χ2v) is 4.66. The highest BCUT2D eigenvalue weighted by Crippen LogP contribution is 2.15. The second kappa shape index (κ2) is 4.64. The van der Waals surface area contributed by atoms with Crippen molar-refractivity contribution in [1.29, 1.82) is 0 Å². The van der Waals surface area contributed by atoms with Crippen LogP contribution < -0.4 is 0 Å². The van der Waals surface area contributed by atoms with Crippen LogP contribution in [0.5, 0.6) is 0 Å². The Morgan fingerprint density at radius 2 is 2.00 bits per heavy atom. The van der Waals surface area contributed by atoms with Gasteiger partial charge in [-0.1, -0.05) is 13.8 Å². The van der Waals surface area contributed by atoms with Crippen LogP contribution in [0.15, 0.2) is 0 Å². The number of carboxylic acid groups (broad SMARTS) is 1. The third-order valence-electron chi connectivity index (χ3n) is 1.17. The Morgan fingerprint density at radius 3 is 2.31 bits per heavy atom. The average molecular weight is 214 g/mol. The van der Waals surface area contributed by atoms with Gasteiger partial charge in [-0.05, 0) is 5.92 Å². The van der Waals surface area contributed by atoms with Gasteiger partial charge in [-0.3, -0.25) is 4.21 Å². The normalized spacial score (nSPS) is 14.5. The molecule has 1 unspecified atom stereocenters. The van der Waals surface area contributed by atoms with Crippen molar-refractivity contribution < 1.29 is 22.9 Å². The van der Waals surface area contributed by atoms with Crippen LogP contribution in [0.3, 0.4) is 0 Å². The van der Waals surface area contributed by atoms with Gasteiger partial charge >= 0.3 is 11.9 Å². The van der Waals surface area contributed by atoms with E-state index in [1.54, 1.807) is 13.8 Å². The molecular weight excluding hydrogens is 202 g/mol. The first kappa shape index (κ1) is 12.5. The minimum Gasteiger partial charge on any atom is -0.477 e. The first-order valence-electron chi connectivity index (χ1n) is 3.72. The highest BCUT2D eigenvalue weighted by Gasteiger charge is 2.40. The number of alkyl halides is 2. The Labute approximate surface area is 77.6 Å². The van der Waals surface area contributed by atoms with E-state index in [-0.39, 0.29) is 11.7 Å². The third kappa shape index (κ3) is 4.92. The molecule has 0 saturated heterocycles. The molecule has 6 heteroatoms. The van der Waals surface area contributed by atoms with Gasteiger partial charge in [-0.25, -0.2) is 4.79 Å². The van der Waals surface area contributed by atoms with Gasteiger partial charge in [0.1, 0.15) is 0 Å². The van der Waals surface area contributed by atoms with Crippen molar-refractivity contribution in [3.8, 4) is 0 Å². The van der Waals surface area contributed by atoms with E-state index in [0.717, 1.165) is 0 Å². The lowest BCUT2D eigenvalue weighted by atomic mass is 10.3. The van der Waals surface area contributed by atoms with Crippen molar-refractivity contribution >= 4 is 16.8 Å². The van der Waals surface area contributed by atoms with Crippen molar-refractivity contribution in [1.82, 2.24) is 0 Å². The molecule has 13 heavy (non-hydrogen) atoms. The fraction of sp³-hybridized carbons (Fsp3) is 0.857. The highest BCUT2D eigenvalue weighted by atomic mass is 32.2. The molecular formula is C7H12F2O3S. The van der Waals surface area contributed by atoms with Crippen molar-refractivity contribution in [3.63, 3.8) is 0 Å². The minimum absolute atomic E-state index is 0.0189. The van der Waals surface area contributed by atoms with Gasteiger partial charge in [0.05, 0.1) is 5.75 Å². The standard InChI is InChI=1S/C7H12F2O3S/c1-5(2)3-13(12)4-7(8,9)6(10)11/h5H,3-4H2,1-2H3,(H,10,11). The van der Waals surface area contributed by atoms with Crippen molar-refractivity contribution in [2.45, 2.75) is 19.8 Å². The van der Waals surface area contributed by atoms with E-state index in [1.165, 1.54) is 0 Å². The first-order chi connectivity index (χ1) is 5.75. The summed E-state index contributed by atoms with van der Waals surface area (Å²) in [6.07, 6.45) is 0. The van der Waals surface area contributed by atoms with Gasteiger partial charge in [-0.15, -0.1) is 0 Å². The summed E-state index contributed by atoms with van der Waals surface area (Å²) in [7, 11) is -1.77. The predicted molar refractivity (Wildman–Crippen MR) is 45.3 cm³/mol. The number of halogens is 2. The van der Waals surface area contributed by atoms with Crippen molar-refractivity contribution in [2.24, 2.45) is 5.92 Å². The largest absolute Gasteiger partial charge is 0.477 e. The predicted octanol–water partition coefficient (Wildman–Crippen LogP) is 1.11. The van der Waals surface area contributed by atoms with Crippen LogP contribution in [0.25, 0.3) is 0 Å². The molecule has 0 bridgehead atoms. The Kier molecular flexibility index (Phi) is 4.46. The molecule has 1 N–H and O–H groups in total. The molecule has 0 aliphatic rings. The van der Waals surface area contributed by atoms with Crippen LogP contribution in [0.2, 0.25) is 0 Å². The van der Waals surface area contributed by atoms with Crippen molar-refractivity contribution in [2.75, 3.05) is 11.5 Å². The second-order valence-electron chi connectivity index (χ2n) is 3.15. The Balaban J connectivity index is 4.12. The van der Waals surface area contributed by atoms with E-state index in [2.05, 4.69) is 0 Å². The Bertz CT molecular complexity index is 216. The lowest BCUT2D eigenvalue weighted by Gasteiger charge is -2.11. The molecule has 0 saturated carbocycles. The van der Waals surface area contributed by atoms with Gasteiger partial charge in [0.2, 0.25) is 0 Å². The molecule has 0 aromatic rings. The Hall–Kier alpha value is -0.520. The minimum atomic E-state index is -3.88. The first-order valence-corrected chi connectivity index (χ1v) is 5.20. The van der Waals surface area contributed by atoms with Gasteiger partial charge in [0.25, 0.3) is 0 Å². The van der Waals surface area contributed by atoms with E-state index in [0.29, 0.717) is 0 Å². The van der Waals surface area contributed by atoms with Crippen LogP contribution in [0, 0.1) is 5.92 Å². The number of hydrogen-bond donors (Lipinski definition) is 1. The van der Waals surface area contributed by atoms with Crippen LogP contribution in [-0.2, 0) is 15.6 Å². The third-order valence-corrected chi connectivity index (χ3v) is 2.90. The summed E-state index contributed by atoms with van der Waals surface area (Å²) in [4.78, 5) is 9.96. The molecule has 0 rings (SSSR count). The number of carbonyl (C=O) groups is 1.